The highest BCUT2D eigenvalue weighted by molar-refractivity contribution is 7.87. The molecule has 0 saturated heterocycles. The number of allylic oxidation sites excluding steroid dienone is 2. The highest BCUT2D eigenvalue weighted by Gasteiger charge is 2.37. The highest BCUT2D eigenvalue weighted by Crippen LogP contribution is 2.49. The van der Waals surface area contributed by atoms with Crippen molar-refractivity contribution in [1.82, 2.24) is 0 Å². The number of hydrogen-bond donors (Lipinski definition) is 1. The van der Waals surface area contributed by atoms with E-state index in [9.17, 15) is 8.42 Å². The Morgan fingerprint density at radius 3 is 2.48 bits per heavy atom. The number of rotatable bonds is 7. The molecule has 0 aromatic heterocycles. The van der Waals surface area contributed by atoms with Gasteiger partial charge in [-0.15, -0.1) is 0 Å². The predicted octanol–water partition coefficient (Wildman–Crippen LogP) is 7.35. The molecule has 0 bridgehead atoms. The van der Waals surface area contributed by atoms with Gasteiger partial charge in [0.2, 0.25) is 0 Å². The van der Waals surface area contributed by atoms with Crippen molar-refractivity contribution < 1.29 is 17.3 Å². The summed E-state index contributed by atoms with van der Waals surface area (Å²) in [7, 11) is -2.51. The molecule has 0 unspecified atom stereocenters. The van der Waals surface area contributed by atoms with Crippen LogP contribution in [0.5, 0.6) is 11.5 Å². The predicted molar refractivity (Wildman–Crippen MR) is 158 cm³/mol. The Bertz CT molecular complexity index is 1690. The maximum atomic E-state index is 12.7. The molecule has 0 saturated carbocycles. The first-order valence-electron chi connectivity index (χ1n) is 13.3. The van der Waals surface area contributed by atoms with Gasteiger partial charge >= 0.3 is 10.1 Å². The maximum absolute atomic E-state index is 12.7. The first-order valence-corrected chi connectivity index (χ1v) is 14.7. The molecule has 202 valence electrons. The summed E-state index contributed by atoms with van der Waals surface area (Å²) in [4.78, 5) is 4.71. The van der Waals surface area contributed by atoms with Crippen LogP contribution >= 0.6 is 0 Å². The fourth-order valence-electron chi connectivity index (χ4n) is 5.49. The average Bonchev–Trinajstić information content (AvgIpc) is 3.47. The lowest BCUT2D eigenvalue weighted by atomic mass is 9.77. The number of ether oxygens (including phenoxy) is 1. The van der Waals surface area contributed by atoms with Gasteiger partial charge in [0.15, 0.2) is 11.5 Å². The van der Waals surface area contributed by atoms with Crippen LogP contribution in [0.2, 0.25) is 0 Å². The van der Waals surface area contributed by atoms with Crippen LogP contribution in [0.15, 0.2) is 113 Å². The van der Waals surface area contributed by atoms with E-state index in [4.69, 9.17) is 8.92 Å². The van der Waals surface area contributed by atoms with Gasteiger partial charge in [-0.25, -0.2) is 0 Å². The molecule has 0 fully saturated rings. The summed E-state index contributed by atoms with van der Waals surface area (Å²) in [5.41, 5.74) is 6.36. The second-order valence-corrected chi connectivity index (χ2v) is 11.7. The van der Waals surface area contributed by atoms with Crippen molar-refractivity contribution >= 4 is 27.7 Å². The van der Waals surface area contributed by atoms with Crippen molar-refractivity contribution in [2.24, 2.45) is 10.9 Å². The third-order valence-corrected chi connectivity index (χ3v) is 8.83. The van der Waals surface area contributed by atoms with E-state index in [-0.39, 0.29) is 16.7 Å². The summed E-state index contributed by atoms with van der Waals surface area (Å²) in [6, 6.07) is 28.7. The zero-order valence-corrected chi connectivity index (χ0v) is 23.1. The zero-order valence-electron chi connectivity index (χ0n) is 22.3. The molecule has 40 heavy (non-hydrogen) atoms. The van der Waals surface area contributed by atoms with E-state index < -0.39 is 10.1 Å². The molecule has 1 aliphatic heterocycles. The van der Waals surface area contributed by atoms with E-state index >= 15 is 0 Å². The molecule has 6 nitrogen and oxygen atoms in total. The number of nitrogens with zero attached hydrogens (tertiary/aromatic N) is 1. The quantitative estimate of drug-likeness (QED) is 0.148. The fraction of sp³-hybridized carbons (Fsp3) is 0.182. The molecule has 2 aliphatic rings. The molecule has 4 aromatic rings. The average molecular weight is 551 g/mol. The number of para-hydroxylation sites is 1. The van der Waals surface area contributed by atoms with E-state index in [1.54, 1.807) is 36.5 Å². The van der Waals surface area contributed by atoms with Crippen molar-refractivity contribution in [3.63, 3.8) is 0 Å². The number of methoxy groups -OCH3 is 1. The van der Waals surface area contributed by atoms with Crippen molar-refractivity contribution in [3.8, 4) is 11.5 Å². The Morgan fingerprint density at radius 2 is 1.70 bits per heavy atom. The standard InChI is InChI=1S/C33H30N2O4S/c1-22-10-17-26(18-11-22)40(36,37)39-31-19-12-23(20-32(31)38-2)21-34-25-15-13-24(14-16-25)33-29-8-5-7-27(29)28-6-3-4-9-30(28)35-33/h3-7,9-21,27,29,33,35H,8H2,1-2H3/t27-,29-,33+/m1/s1. The molecule has 7 heteroatoms. The van der Waals surface area contributed by atoms with Crippen LogP contribution in [0.25, 0.3) is 0 Å². The van der Waals surface area contributed by atoms with Crippen LogP contribution in [-0.4, -0.2) is 21.7 Å². The lowest BCUT2D eigenvalue weighted by Crippen LogP contribution is -2.28. The molecule has 0 spiro atoms. The molecule has 6 rings (SSSR count). The summed E-state index contributed by atoms with van der Waals surface area (Å²) in [5.74, 6) is 1.35. The van der Waals surface area contributed by atoms with Crippen LogP contribution in [0.4, 0.5) is 11.4 Å². The van der Waals surface area contributed by atoms with Crippen LogP contribution in [-0.2, 0) is 10.1 Å². The van der Waals surface area contributed by atoms with Gasteiger partial charge in [0.1, 0.15) is 4.90 Å². The molecule has 1 aliphatic carbocycles. The van der Waals surface area contributed by atoms with Crippen LogP contribution in [0, 0.1) is 12.8 Å². The molecular formula is C33H30N2O4S. The van der Waals surface area contributed by atoms with Crippen molar-refractivity contribution in [1.29, 1.82) is 0 Å². The van der Waals surface area contributed by atoms with Gasteiger partial charge in [-0.2, -0.15) is 8.42 Å². The minimum atomic E-state index is -3.99. The lowest BCUT2D eigenvalue weighted by Gasteiger charge is -2.37. The zero-order chi connectivity index (χ0) is 27.7. The summed E-state index contributed by atoms with van der Waals surface area (Å²) < 4.78 is 36.3. The lowest BCUT2D eigenvalue weighted by molar-refractivity contribution is 0.390. The van der Waals surface area contributed by atoms with Crippen LogP contribution in [0.3, 0.4) is 0 Å². The summed E-state index contributed by atoms with van der Waals surface area (Å²) >= 11 is 0. The van der Waals surface area contributed by atoms with Crippen molar-refractivity contribution in [3.05, 3.63) is 125 Å². The molecule has 1 heterocycles. The fourth-order valence-corrected chi connectivity index (χ4v) is 6.43. The summed E-state index contributed by atoms with van der Waals surface area (Å²) in [6.07, 6.45) is 7.43. The van der Waals surface area contributed by atoms with Crippen LogP contribution in [0.1, 0.15) is 40.6 Å². The van der Waals surface area contributed by atoms with Crippen molar-refractivity contribution in [2.45, 2.75) is 30.2 Å². The first kappa shape index (κ1) is 25.9. The van der Waals surface area contributed by atoms with E-state index in [1.165, 1.54) is 36.1 Å². The van der Waals surface area contributed by atoms with Gasteiger partial charge < -0.3 is 14.2 Å². The molecule has 0 amide bonds. The van der Waals surface area contributed by atoms with Gasteiger partial charge in [-0.1, -0.05) is 60.2 Å². The number of nitrogens with one attached hydrogen (secondary N) is 1. The van der Waals surface area contributed by atoms with Crippen molar-refractivity contribution in [2.75, 3.05) is 12.4 Å². The maximum Gasteiger partial charge on any atom is 0.339 e. The smallest absolute Gasteiger partial charge is 0.339 e. The Balaban J connectivity index is 1.17. The minimum absolute atomic E-state index is 0.0848. The monoisotopic (exact) mass is 550 g/mol. The van der Waals surface area contributed by atoms with Gasteiger partial charge in [0.05, 0.1) is 18.8 Å². The highest BCUT2D eigenvalue weighted by atomic mass is 32.2. The number of hydrogen-bond acceptors (Lipinski definition) is 6. The van der Waals surface area contributed by atoms with E-state index in [0.717, 1.165) is 23.2 Å². The summed E-state index contributed by atoms with van der Waals surface area (Å²) in [5, 5.41) is 3.76. The largest absolute Gasteiger partial charge is 0.493 e. The Morgan fingerprint density at radius 1 is 0.925 bits per heavy atom. The number of aryl methyl sites for hydroxylation is 1. The molecular weight excluding hydrogens is 520 g/mol. The number of fused-ring (bicyclic) bond motifs is 3. The Kier molecular flexibility index (Phi) is 6.90. The molecule has 1 N–H and O–H groups in total. The molecule has 4 aromatic carbocycles. The number of aliphatic imine (C=N–C) groups is 1. The number of anilines is 1. The second-order valence-electron chi connectivity index (χ2n) is 10.2. The van der Waals surface area contributed by atoms with Gasteiger partial charge in [-0.3, -0.25) is 4.99 Å². The second kappa shape index (κ2) is 10.7. The van der Waals surface area contributed by atoms with E-state index in [1.807, 2.05) is 19.1 Å². The van der Waals surface area contributed by atoms with E-state index in [2.05, 4.69) is 58.9 Å². The number of benzene rings is 4. The first-order chi connectivity index (χ1) is 19.4. The van der Waals surface area contributed by atoms with E-state index in [0.29, 0.717) is 17.6 Å². The third kappa shape index (κ3) is 5.12. The SMILES string of the molecule is COc1cc(C=Nc2ccc([C@@H]3Nc4ccccc4[C@H]4C=CC[C@H]43)cc2)ccc1OS(=O)(=O)c1ccc(C)cc1. The molecule has 3 atom stereocenters. The summed E-state index contributed by atoms with van der Waals surface area (Å²) in [6.45, 7) is 1.89. The topological polar surface area (TPSA) is 77.0 Å². The third-order valence-electron chi connectivity index (χ3n) is 7.58. The Labute approximate surface area is 235 Å². The Hall–Kier alpha value is -4.36. The molecule has 0 radical (unpaired) electrons. The van der Waals surface area contributed by atoms with Gasteiger partial charge in [-0.05, 0) is 84.5 Å². The van der Waals surface area contributed by atoms with Gasteiger partial charge in [0, 0.05) is 17.8 Å². The normalized spacial score (nSPS) is 19.6. The minimum Gasteiger partial charge on any atom is -0.493 e. The van der Waals surface area contributed by atoms with Crippen LogP contribution < -0.4 is 14.2 Å². The van der Waals surface area contributed by atoms with Gasteiger partial charge in [0.25, 0.3) is 0 Å².